The molecule has 0 saturated heterocycles. The summed E-state index contributed by atoms with van der Waals surface area (Å²) in [5.41, 5.74) is 7.48. The second-order valence-corrected chi connectivity index (χ2v) is 4.42. The molecule has 0 fully saturated rings. The summed E-state index contributed by atoms with van der Waals surface area (Å²) in [6.45, 7) is 0.683. The Morgan fingerprint density at radius 1 is 1.40 bits per heavy atom. The minimum Gasteiger partial charge on any atom is -0.325 e. The first kappa shape index (κ1) is 12.4. The lowest BCUT2D eigenvalue weighted by atomic mass is 10.2. The molecule has 0 unspecified atom stereocenters. The number of nitrogens with zero attached hydrogens (tertiary/aromatic N) is 6. The van der Waals surface area contributed by atoms with E-state index >= 15 is 0 Å². The highest BCUT2D eigenvalue weighted by molar-refractivity contribution is 5.72. The summed E-state index contributed by atoms with van der Waals surface area (Å²) < 4.78 is 2.83. The highest BCUT2D eigenvalue weighted by atomic mass is 16.1. The maximum absolute atomic E-state index is 12.3. The van der Waals surface area contributed by atoms with Crippen molar-refractivity contribution in [1.29, 1.82) is 0 Å². The summed E-state index contributed by atoms with van der Waals surface area (Å²) in [4.78, 5) is 16.4. The number of rotatable bonds is 3. The number of nitrogens with two attached hydrogens (primary N) is 1. The molecule has 0 aliphatic heterocycles. The standard InChI is InChI=1S/C12H13N7O/c1-18-11-10(6-15-18)12(20)19(17-16-11)7-8-2-3-14-9(4-8)5-13/h2-4,6H,5,7,13H2,1H3. The first-order chi connectivity index (χ1) is 9.69. The van der Waals surface area contributed by atoms with Crippen molar-refractivity contribution in [2.75, 3.05) is 0 Å². The van der Waals surface area contributed by atoms with Gasteiger partial charge in [-0.3, -0.25) is 9.78 Å². The fourth-order valence-electron chi connectivity index (χ4n) is 1.99. The third-order valence-corrected chi connectivity index (χ3v) is 3.04. The van der Waals surface area contributed by atoms with Crippen LogP contribution in [0.15, 0.2) is 29.3 Å². The van der Waals surface area contributed by atoms with E-state index < -0.39 is 0 Å². The molecular weight excluding hydrogens is 258 g/mol. The van der Waals surface area contributed by atoms with E-state index in [1.54, 1.807) is 13.2 Å². The third-order valence-electron chi connectivity index (χ3n) is 3.04. The van der Waals surface area contributed by atoms with Gasteiger partial charge in [0.15, 0.2) is 5.65 Å². The number of aromatic nitrogens is 6. The van der Waals surface area contributed by atoms with Gasteiger partial charge in [-0.1, -0.05) is 5.21 Å². The second-order valence-electron chi connectivity index (χ2n) is 4.42. The van der Waals surface area contributed by atoms with Crippen LogP contribution in [0.4, 0.5) is 0 Å². The van der Waals surface area contributed by atoms with Gasteiger partial charge < -0.3 is 5.73 Å². The number of pyridine rings is 1. The normalized spacial score (nSPS) is 11.1. The SMILES string of the molecule is Cn1ncc2c(=O)n(Cc3ccnc(CN)c3)nnc21. The average molecular weight is 271 g/mol. The van der Waals surface area contributed by atoms with Gasteiger partial charge in [-0.05, 0) is 17.7 Å². The number of hydrogen-bond donors (Lipinski definition) is 1. The molecule has 3 aromatic heterocycles. The first-order valence-electron chi connectivity index (χ1n) is 6.08. The molecule has 0 bridgehead atoms. The molecule has 0 amide bonds. The first-order valence-corrected chi connectivity index (χ1v) is 6.08. The highest BCUT2D eigenvalue weighted by Gasteiger charge is 2.09. The van der Waals surface area contributed by atoms with Crippen molar-refractivity contribution in [3.8, 4) is 0 Å². The van der Waals surface area contributed by atoms with Gasteiger partial charge in [-0.15, -0.1) is 5.10 Å². The zero-order chi connectivity index (χ0) is 14.1. The van der Waals surface area contributed by atoms with Crippen LogP contribution in [0.3, 0.4) is 0 Å². The van der Waals surface area contributed by atoms with Gasteiger partial charge in [0, 0.05) is 19.8 Å². The van der Waals surface area contributed by atoms with Crippen molar-refractivity contribution in [2.45, 2.75) is 13.1 Å². The van der Waals surface area contributed by atoms with Crippen LogP contribution in [0, 0.1) is 0 Å². The molecule has 0 radical (unpaired) electrons. The lowest BCUT2D eigenvalue weighted by Gasteiger charge is -2.05. The van der Waals surface area contributed by atoms with Gasteiger partial charge >= 0.3 is 0 Å². The van der Waals surface area contributed by atoms with E-state index in [-0.39, 0.29) is 5.56 Å². The largest absolute Gasteiger partial charge is 0.325 e. The molecule has 20 heavy (non-hydrogen) atoms. The van der Waals surface area contributed by atoms with E-state index in [1.165, 1.54) is 15.6 Å². The minimum absolute atomic E-state index is 0.214. The highest BCUT2D eigenvalue weighted by Crippen LogP contribution is 2.05. The maximum atomic E-state index is 12.3. The van der Waals surface area contributed by atoms with Crippen LogP contribution >= 0.6 is 0 Å². The molecule has 3 rings (SSSR count). The molecule has 0 aliphatic carbocycles. The molecule has 0 aliphatic rings. The zero-order valence-electron chi connectivity index (χ0n) is 10.9. The van der Waals surface area contributed by atoms with Crippen LogP contribution in [0.25, 0.3) is 11.0 Å². The molecule has 8 heteroatoms. The molecule has 3 aromatic rings. The van der Waals surface area contributed by atoms with Crippen LogP contribution in [0.5, 0.6) is 0 Å². The Kier molecular flexibility index (Phi) is 2.99. The van der Waals surface area contributed by atoms with E-state index in [4.69, 9.17) is 5.73 Å². The van der Waals surface area contributed by atoms with Gasteiger partial charge in [-0.25, -0.2) is 9.36 Å². The predicted octanol–water partition coefficient (Wildman–Crippen LogP) is -0.573. The Balaban J connectivity index is 2.02. The Morgan fingerprint density at radius 2 is 2.25 bits per heavy atom. The molecule has 0 spiro atoms. The number of aryl methyl sites for hydroxylation is 1. The Hall–Kier alpha value is -2.61. The summed E-state index contributed by atoms with van der Waals surface area (Å²) in [5.74, 6) is 0. The Bertz CT molecular complexity index is 820. The zero-order valence-corrected chi connectivity index (χ0v) is 10.9. The summed E-state index contributed by atoms with van der Waals surface area (Å²) >= 11 is 0. The topological polar surface area (TPSA) is 105 Å². The third kappa shape index (κ3) is 2.05. The molecule has 2 N–H and O–H groups in total. The van der Waals surface area contributed by atoms with E-state index in [2.05, 4.69) is 20.4 Å². The maximum Gasteiger partial charge on any atom is 0.281 e. The summed E-state index contributed by atoms with van der Waals surface area (Å²) in [6.07, 6.45) is 3.17. The number of hydrogen-bond acceptors (Lipinski definition) is 6. The van der Waals surface area contributed by atoms with Gasteiger partial charge in [0.25, 0.3) is 5.56 Å². The van der Waals surface area contributed by atoms with Crippen molar-refractivity contribution < 1.29 is 0 Å². The van der Waals surface area contributed by atoms with Crippen molar-refractivity contribution in [3.05, 3.63) is 46.1 Å². The van der Waals surface area contributed by atoms with Crippen molar-refractivity contribution in [2.24, 2.45) is 12.8 Å². The summed E-state index contributed by atoms with van der Waals surface area (Å²) in [5, 5.41) is 12.4. The van der Waals surface area contributed by atoms with Gasteiger partial charge in [0.05, 0.1) is 18.4 Å². The smallest absolute Gasteiger partial charge is 0.281 e. The van der Waals surface area contributed by atoms with Crippen molar-refractivity contribution in [3.63, 3.8) is 0 Å². The van der Waals surface area contributed by atoms with E-state index in [0.29, 0.717) is 24.1 Å². The molecule has 102 valence electrons. The second kappa shape index (κ2) is 4.82. The molecule has 3 heterocycles. The van der Waals surface area contributed by atoms with E-state index in [9.17, 15) is 4.79 Å². The van der Waals surface area contributed by atoms with Crippen LogP contribution < -0.4 is 11.3 Å². The van der Waals surface area contributed by atoms with Crippen molar-refractivity contribution >= 4 is 11.0 Å². The molecular formula is C12H13N7O. The van der Waals surface area contributed by atoms with Gasteiger partial charge in [-0.2, -0.15) is 5.10 Å². The minimum atomic E-state index is -0.214. The predicted molar refractivity (Wildman–Crippen MR) is 71.8 cm³/mol. The Labute approximate surface area is 113 Å². The lowest BCUT2D eigenvalue weighted by Crippen LogP contribution is -2.24. The summed E-state index contributed by atoms with van der Waals surface area (Å²) in [6, 6.07) is 3.67. The number of fused-ring (bicyclic) bond motifs is 1. The van der Waals surface area contributed by atoms with Crippen molar-refractivity contribution in [1.82, 2.24) is 29.8 Å². The lowest BCUT2D eigenvalue weighted by molar-refractivity contribution is 0.594. The summed E-state index contributed by atoms with van der Waals surface area (Å²) in [7, 11) is 1.72. The molecule has 8 nitrogen and oxygen atoms in total. The quantitative estimate of drug-likeness (QED) is 0.684. The average Bonchev–Trinajstić information content (AvgIpc) is 2.84. The van der Waals surface area contributed by atoms with Gasteiger partial charge in [0.1, 0.15) is 5.39 Å². The molecule has 0 aromatic carbocycles. The monoisotopic (exact) mass is 271 g/mol. The van der Waals surface area contributed by atoms with E-state index in [0.717, 1.165) is 11.3 Å². The van der Waals surface area contributed by atoms with Crippen LogP contribution in [0.1, 0.15) is 11.3 Å². The van der Waals surface area contributed by atoms with Crippen LogP contribution in [0.2, 0.25) is 0 Å². The molecule has 0 saturated carbocycles. The van der Waals surface area contributed by atoms with Gasteiger partial charge in [0.2, 0.25) is 0 Å². The van der Waals surface area contributed by atoms with E-state index in [1.807, 2.05) is 12.1 Å². The molecule has 0 atom stereocenters. The Morgan fingerprint density at radius 3 is 3.05 bits per heavy atom. The van der Waals surface area contributed by atoms with Crippen LogP contribution in [-0.2, 0) is 20.1 Å². The fraction of sp³-hybridized carbons (Fsp3) is 0.250. The van der Waals surface area contributed by atoms with Crippen LogP contribution in [-0.4, -0.2) is 29.8 Å². The fourth-order valence-corrected chi connectivity index (χ4v) is 1.99.